The van der Waals surface area contributed by atoms with Crippen LogP contribution in [0.1, 0.15) is 48.0 Å². The highest BCUT2D eigenvalue weighted by Crippen LogP contribution is 2.07. The van der Waals surface area contributed by atoms with Crippen LogP contribution < -0.4 is 5.32 Å². The Bertz CT molecular complexity index is 166. The highest BCUT2D eigenvalue weighted by Gasteiger charge is 2.11. The number of hydrogen-bond acceptors (Lipinski definition) is 3. The van der Waals surface area contributed by atoms with Crippen molar-refractivity contribution in [3.63, 3.8) is 0 Å². The van der Waals surface area contributed by atoms with Gasteiger partial charge in [0.2, 0.25) is 0 Å². The van der Waals surface area contributed by atoms with E-state index in [0.29, 0.717) is 19.3 Å². The Morgan fingerprint density at radius 2 is 1.75 bits per heavy atom. The fraction of sp³-hybridized carbons (Fsp3) is 1.00. The predicted octanol–water partition coefficient (Wildman–Crippen LogP) is 2.59. The molecule has 0 bridgehead atoms. The van der Waals surface area contributed by atoms with E-state index in [1.807, 2.05) is 0 Å². The first-order valence-corrected chi connectivity index (χ1v) is 6.34. The third-order valence-electron chi connectivity index (χ3n) is 2.26. The molecule has 0 aromatic carbocycles. The lowest BCUT2D eigenvalue weighted by atomic mass is 10.1. The Morgan fingerprint density at radius 1 is 1.12 bits per heavy atom. The molecule has 0 aliphatic heterocycles. The van der Waals surface area contributed by atoms with Crippen molar-refractivity contribution in [2.75, 3.05) is 19.8 Å². The highest BCUT2D eigenvalue weighted by molar-refractivity contribution is 4.64. The zero-order chi connectivity index (χ0) is 12.6. The summed E-state index contributed by atoms with van der Waals surface area (Å²) < 4.78 is 11.3. The van der Waals surface area contributed by atoms with E-state index >= 15 is 0 Å². The molecule has 0 radical (unpaired) electrons. The number of hydrogen-bond donors (Lipinski definition) is 1. The van der Waals surface area contributed by atoms with E-state index in [2.05, 4.69) is 46.9 Å². The molecule has 1 N–H and O–H groups in total. The normalized spacial score (nSPS) is 16.1. The fourth-order valence-electron chi connectivity index (χ4n) is 1.59. The van der Waals surface area contributed by atoms with Gasteiger partial charge in [0.1, 0.15) is 0 Å². The van der Waals surface area contributed by atoms with Crippen molar-refractivity contribution in [3.8, 4) is 0 Å². The third kappa shape index (κ3) is 10.4. The van der Waals surface area contributed by atoms with Crippen LogP contribution in [0.15, 0.2) is 0 Å². The Morgan fingerprint density at radius 3 is 2.25 bits per heavy atom. The first kappa shape index (κ1) is 15.9. The molecule has 0 saturated heterocycles. The summed E-state index contributed by atoms with van der Waals surface area (Å²) in [4.78, 5) is 0. The number of nitrogens with one attached hydrogen (secondary N) is 1. The summed E-state index contributed by atoms with van der Waals surface area (Å²) in [5.41, 5.74) is -0.0658. The quantitative estimate of drug-likeness (QED) is 0.651. The summed E-state index contributed by atoms with van der Waals surface area (Å²) in [7, 11) is 0. The molecule has 16 heavy (non-hydrogen) atoms. The van der Waals surface area contributed by atoms with Crippen molar-refractivity contribution in [2.24, 2.45) is 0 Å². The molecule has 0 fully saturated rings. The average molecular weight is 231 g/mol. The van der Waals surface area contributed by atoms with Crippen LogP contribution in [0.3, 0.4) is 0 Å². The molecular weight excluding hydrogens is 202 g/mol. The van der Waals surface area contributed by atoms with Crippen molar-refractivity contribution < 1.29 is 9.47 Å². The van der Waals surface area contributed by atoms with Crippen LogP contribution >= 0.6 is 0 Å². The van der Waals surface area contributed by atoms with E-state index in [9.17, 15) is 0 Å². The summed E-state index contributed by atoms with van der Waals surface area (Å²) in [6.07, 6.45) is 1.33. The summed E-state index contributed by atoms with van der Waals surface area (Å²) in [5, 5.41) is 3.38. The summed E-state index contributed by atoms with van der Waals surface area (Å²) in [6.45, 7) is 15.0. The number of ether oxygens (including phenoxy) is 2. The first-order valence-electron chi connectivity index (χ1n) is 6.34. The maximum absolute atomic E-state index is 5.69. The second kappa shape index (κ2) is 8.04. The van der Waals surface area contributed by atoms with Gasteiger partial charge in [0, 0.05) is 6.04 Å². The van der Waals surface area contributed by atoms with E-state index < -0.39 is 0 Å². The maximum atomic E-state index is 5.69. The van der Waals surface area contributed by atoms with E-state index in [0.717, 1.165) is 13.0 Å². The zero-order valence-electron chi connectivity index (χ0n) is 11.8. The lowest BCUT2D eigenvalue weighted by Gasteiger charge is -2.22. The highest BCUT2D eigenvalue weighted by atomic mass is 16.5. The first-order chi connectivity index (χ1) is 7.35. The lowest BCUT2D eigenvalue weighted by Crippen LogP contribution is -2.30. The molecule has 2 atom stereocenters. The van der Waals surface area contributed by atoms with Gasteiger partial charge in [-0.2, -0.15) is 0 Å². The molecule has 3 heteroatoms. The van der Waals surface area contributed by atoms with Gasteiger partial charge in [0.25, 0.3) is 0 Å². The summed E-state index contributed by atoms with van der Waals surface area (Å²) in [5.74, 6) is 0. The Labute approximate surface area is 101 Å². The minimum absolute atomic E-state index is 0.0658. The Hall–Kier alpha value is -0.120. The molecule has 0 saturated carbocycles. The van der Waals surface area contributed by atoms with E-state index in [-0.39, 0.29) is 11.7 Å². The molecule has 0 amide bonds. The van der Waals surface area contributed by atoms with Crippen LogP contribution in [0.25, 0.3) is 0 Å². The lowest BCUT2D eigenvalue weighted by molar-refractivity contribution is -0.0506. The molecular formula is C13H29NO2. The molecule has 0 aromatic rings. The summed E-state index contributed by atoms with van der Waals surface area (Å²) in [6, 6.07) is 0.517. The largest absolute Gasteiger partial charge is 0.376 e. The minimum Gasteiger partial charge on any atom is -0.376 e. The molecule has 0 aliphatic carbocycles. The van der Waals surface area contributed by atoms with E-state index in [1.54, 1.807) is 0 Å². The van der Waals surface area contributed by atoms with Crippen LogP contribution in [0.5, 0.6) is 0 Å². The molecule has 0 aliphatic rings. The molecule has 0 aromatic heterocycles. The average Bonchev–Trinajstić information content (AvgIpc) is 2.11. The monoisotopic (exact) mass is 231 g/mol. The van der Waals surface area contributed by atoms with Gasteiger partial charge in [-0.05, 0) is 47.6 Å². The van der Waals surface area contributed by atoms with Gasteiger partial charge in [-0.25, -0.2) is 0 Å². The fourth-order valence-corrected chi connectivity index (χ4v) is 1.59. The molecule has 0 rings (SSSR count). The zero-order valence-corrected chi connectivity index (χ0v) is 11.8. The topological polar surface area (TPSA) is 30.5 Å². The van der Waals surface area contributed by atoms with E-state index in [1.165, 1.54) is 0 Å². The van der Waals surface area contributed by atoms with Gasteiger partial charge < -0.3 is 14.8 Å². The van der Waals surface area contributed by atoms with Crippen LogP contribution in [0.4, 0.5) is 0 Å². The Kier molecular flexibility index (Phi) is 7.98. The van der Waals surface area contributed by atoms with Gasteiger partial charge in [-0.3, -0.25) is 0 Å². The number of rotatable bonds is 8. The molecule has 0 heterocycles. The molecule has 3 nitrogen and oxygen atoms in total. The Balaban J connectivity index is 3.47. The van der Waals surface area contributed by atoms with Gasteiger partial charge in [-0.1, -0.05) is 6.92 Å². The SMILES string of the molecule is CCNC(C)CC(C)OCCOC(C)(C)C. The molecule has 98 valence electrons. The van der Waals surface area contributed by atoms with Gasteiger partial charge >= 0.3 is 0 Å². The second-order valence-electron chi connectivity index (χ2n) is 5.34. The van der Waals surface area contributed by atoms with Crippen molar-refractivity contribution in [1.29, 1.82) is 0 Å². The summed E-state index contributed by atoms with van der Waals surface area (Å²) >= 11 is 0. The van der Waals surface area contributed by atoms with Crippen LogP contribution in [0.2, 0.25) is 0 Å². The third-order valence-corrected chi connectivity index (χ3v) is 2.26. The molecule has 0 spiro atoms. The van der Waals surface area contributed by atoms with Crippen molar-refractivity contribution in [3.05, 3.63) is 0 Å². The van der Waals surface area contributed by atoms with E-state index in [4.69, 9.17) is 9.47 Å². The van der Waals surface area contributed by atoms with Crippen LogP contribution in [-0.2, 0) is 9.47 Å². The van der Waals surface area contributed by atoms with Crippen molar-refractivity contribution in [1.82, 2.24) is 5.32 Å². The van der Waals surface area contributed by atoms with Crippen molar-refractivity contribution >= 4 is 0 Å². The smallest absolute Gasteiger partial charge is 0.0707 e. The minimum atomic E-state index is -0.0658. The van der Waals surface area contributed by atoms with Gasteiger partial charge in [0.15, 0.2) is 0 Å². The maximum Gasteiger partial charge on any atom is 0.0707 e. The standard InChI is InChI=1S/C13H29NO2/c1-7-14-11(2)10-12(3)15-8-9-16-13(4,5)6/h11-12,14H,7-10H2,1-6H3. The van der Waals surface area contributed by atoms with Gasteiger partial charge in [-0.15, -0.1) is 0 Å². The van der Waals surface area contributed by atoms with Crippen molar-refractivity contribution in [2.45, 2.75) is 65.7 Å². The van der Waals surface area contributed by atoms with Crippen LogP contribution in [0, 0.1) is 0 Å². The van der Waals surface area contributed by atoms with Gasteiger partial charge in [0.05, 0.1) is 24.9 Å². The second-order valence-corrected chi connectivity index (χ2v) is 5.34. The van der Waals surface area contributed by atoms with Crippen LogP contribution in [-0.4, -0.2) is 37.5 Å². The molecule has 2 unspecified atom stereocenters. The predicted molar refractivity (Wildman–Crippen MR) is 68.9 cm³/mol.